The van der Waals surface area contributed by atoms with Crippen LogP contribution < -0.4 is 0 Å². The van der Waals surface area contributed by atoms with Gasteiger partial charge in [0.1, 0.15) is 7.85 Å². The van der Waals surface area contributed by atoms with Gasteiger partial charge in [-0.25, -0.2) is 0 Å². The zero-order chi connectivity index (χ0) is 8.97. The lowest BCUT2D eigenvalue weighted by molar-refractivity contribution is 0.157. The van der Waals surface area contributed by atoms with Gasteiger partial charge in [0.2, 0.25) is 0 Å². The molecule has 0 radical (unpaired) electrons. The third-order valence-corrected chi connectivity index (χ3v) is 3.39. The largest absolute Gasteiger partial charge is 0.396 e. The van der Waals surface area contributed by atoms with E-state index in [9.17, 15) is 0 Å². The molecule has 0 spiro atoms. The van der Waals surface area contributed by atoms with E-state index in [1.807, 2.05) is 0 Å². The maximum atomic E-state index is 9.06. The number of rotatable bonds is 3. The summed E-state index contributed by atoms with van der Waals surface area (Å²) >= 11 is 0. The molecule has 0 amide bonds. The lowest BCUT2D eigenvalue weighted by Crippen LogP contribution is -2.23. The standard InChI is InChI=1S/C10H21BO/c1-2-3-9-6-8(7-12)4-5-10(9)11/h8-10,12H,2-7,11H2,1H3. The zero-order valence-electron chi connectivity index (χ0n) is 8.42. The Bertz CT molecular complexity index is 127. The molecule has 1 saturated carbocycles. The first-order valence-electron chi connectivity index (χ1n) is 5.38. The molecule has 12 heavy (non-hydrogen) atoms. The van der Waals surface area contributed by atoms with Gasteiger partial charge in [0, 0.05) is 6.61 Å². The zero-order valence-corrected chi connectivity index (χ0v) is 8.42. The third-order valence-electron chi connectivity index (χ3n) is 3.39. The first kappa shape index (κ1) is 10.1. The van der Waals surface area contributed by atoms with Crippen LogP contribution in [0.3, 0.4) is 0 Å². The summed E-state index contributed by atoms with van der Waals surface area (Å²) in [7, 11) is 2.37. The van der Waals surface area contributed by atoms with Crippen molar-refractivity contribution in [2.75, 3.05) is 6.61 Å². The van der Waals surface area contributed by atoms with Gasteiger partial charge in [-0.2, -0.15) is 0 Å². The Morgan fingerprint density at radius 1 is 1.42 bits per heavy atom. The van der Waals surface area contributed by atoms with Crippen LogP contribution in [0.15, 0.2) is 0 Å². The van der Waals surface area contributed by atoms with Gasteiger partial charge in [-0.1, -0.05) is 32.0 Å². The number of aliphatic hydroxyl groups is 1. The molecule has 3 atom stereocenters. The van der Waals surface area contributed by atoms with Crippen LogP contribution >= 0.6 is 0 Å². The van der Waals surface area contributed by atoms with Crippen molar-refractivity contribution in [2.45, 2.75) is 44.8 Å². The van der Waals surface area contributed by atoms with Gasteiger partial charge in [0.15, 0.2) is 0 Å². The van der Waals surface area contributed by atoms with Crippen molar-refractivity contribution in [3.8, 4) is 0 Å². The van der Waals surface area contributed by atoms with Gasteiger partial charge in [-0.05, 0) is 24.7 Å². The molecular formula is C10H21BO. The Labute approximate surface area is 77.0 Å². The molecule has 70 valence electrons. The quantitative estimate of drug-likeness (QED) is 0.635. The fourth-order valence-corrected chi connectivity index (χ4v) is 2.45. The predicted molar refractivity (Wildman–Crippen MR) is 55.1 cm³/mol. The highest BCUT2D eigenvalue weighted by molar-refractivity contribution is 6.11. The maximum absolute atomic E-state index is 9.06. The minimum atomic E-state index is 0.410. The minimum Gasteiger partial charge on any atom is -0.396 e. The molecule has 1 fully saturated rings. The summed E-state index contributed by atoms with van der Waals surface area (Å²) in [5, 5.41) is 9.06. The van der Waals surface area contributed by atoms with E-state index in [-0.39, 0.29) is 0 Å². The van der Waals surface area contributed by atoms with E-state index in [1.54, 1.807) is 0 Å². The van der Waals surface area contributed by atoms with E-state index < -0.39 is 0 Å². The van der Waals surface area contributed by atoms with Gasteiger partial charge in [-0.15, -0.1) is 0 Å². The molecule has 0 aromatic carbocycles. The van der Waals surface area contributed by atoms with Crippen molar-refractivity contribution < 1.29 is 5.11 Å². The highest BCUT2D eigenvalue weighted by Crippen LogP contribution is 2.38. The van der Waals surface area contributed by atoms with Crippen molar-refractivity contribution in [3.63, 3.8) is 0 Å². The second-order valence-electron chi connectivity index (χ2n) is 4.39. The highest BCUT2D eigenvalue weighted by Gasteiger charge is 2.26. The van der Waals surface area contributed by atoms with E-state index >= 15 is 0 Å². The van der Waals surface area contributed by atoms with E-state index in [4.69, 9.17) is 5.11 Å². The molecule has 2 heteroatoms. The lowest BCUT2D eigenvalue weighted by Gasteiger charge is -2.33. The average Bonchev–Trinajstić information content (AvgIpc) is 2.09. The Kier molecular flexibility index (Phi) is 4.13. The maximum Gasteiger partial charge on any atom is 0.105 e. The first-order chi connectivity index (χ1) is 5.77. The Hall–Kier alpha value is 0.0249. The van der Waals surface area contributed by atoms with Crippen LogP contribution in [0.1, 0.15) is 39.0 Å². The molecule has 1 N–H and O–H groups in total. The van der Waals surface area contributed by atoms with Crippen LogP contribution in [0.25, 0.3) is 0 Å². The van der Waals surface area contributed by atoms with E-state index in [2.05, 4.69) is 14.8 Å². The fourth-order valence-electron chi connectivity index (χ4n) is 2.45. The number of aliphatic hydroxyl groups excluding tert-OH is 1. The number of hydrogen-bond acceptors (Lipinski definition) is 1. The van der Waals surface area contributed by atoms with Crippen LogP contribution in [-0.2, 0) is 0 Å². The number of hydrogen-bond donors (Lipinski definition) is 1. The summed E-state index contributed by atoms with van der Waals surface area (Å²) < 4.78 is 0. The van der Waals surface area contributed by atoms with Crippen molar-refractivity contribution in [2.24, 2.45) is 11.8 Å². The Morgan fingerprint density at radius 3 is 2.75 bits per heavy atom. The smallest absolute Gasteiger partial charge is 0.105 e. The van der Waals surface area contributed by atoms with Crippen molar-refractivity contribution in [1.29, 1.82) is 0 Å². The summed E-state index contributed by atoms with van der Waals surface area (Å²) in [5.41, 5.74) is 0. The molecule has 0 bridgehead atoms. The van der Waals surface area contributed by atoms with E-state index in [1.165, 1.54) is 32.1 Å². The monoisotopic (exact) mass is 168 g/mol. The predicted octanol–water partition coefficient (Wildman–Crippen LogP) is 1.62. The Morgan fingerprint density at radius 2 is 2.17 bits per heavy atom. The van der Waals surface area contributed by atoms with Gasteiger partial charge >= 0.3 is 0 Å². The van der Waals surface area contributed by atoms with Crippen LogP contribution in [0.2, 0.25) is 5.82 Å². The van der Waals surface area contributed by atoms with Crippen molar-refractivity contribution in [1.82, 2.24) is 0 Å². The topological polar surface area (TPSA) is 20.2 Å². The summed E-state index contributed by atoms with van der Waals surface area (Å²) in [6.45, 7) is 2.67. The van der Waals surface area contributed by atoms with Crippen LogP contribution in [0, 0.1) is 11.8 Å². The minimum absolute atomic E-state index is 0.410. The second-order valence-corrected chi connectivity index (χ2v) is 4.39. The molecule has 1 aliphatic rings. The van der Waals surface area contributed by atoms with Gasteiger partial charge < -0.3 is 5.11 Å². The summed E-state index contributed by atoms with van der Waals surface area (Å²) in [5.74, 6) is 2.39. The molecule has 0 saturated heterocycles. The van der Waals surface area contributed by atoms with Crippen LogP contribution in [-0.4, -0.2) is 19.6 Å². The first-order valence-corrected chi connectivity index (χ1v) is 5.38. The summed E-state index contributed by atoms with van der Waals surface area (Å²) in [4.78, 5) is 0. The molecule has 0 heterocycles. The molecule has 1 nitrogen and oxygen atoms in total. The molecule has 1 aliphatic carbocycles. The van der Waals surface area contributed by atoms with E-state index in [0.29, 0.717) is 12.5 Å². The molecule has 0 aliphatic heterocycles. The third kappa shape index (κ3) is 2.51. The normalized spacial score (nSPS) is 36.7. The van der Waals surface area contributed by atoms with E-state index in [0.717, 1.165) is 11.7 Å². The molecule has 0 aromatic rings. The Balaban J connectivity index is 2.36. The van der Waals surface area contributed by atoms with Gasteiger partial charge in [0.05, 0.1) is 0 Å². The SMILES string of the molecule is BC1CCC(CO)CC1CCC. The summed E-state index contributed by atoms with van der Waals surface area (Å²) in [6, 6.07) is 0. The molecule has 3 unspecified atom stereocenters. The van der Waals surface area contributed by atoms with Crippen LogP contribution in [0.5, 0.6) is 0 Å². The van der Waals surface area contributed by atoms with Crippen molar-refractivity contribution >= 4 is 7.85 Å². The fraction of sp³-hybridized carbons (Fsp3) is 1.00. The lowest BCUT2D eigenvalue weighted by atomic mass is 9.64. The van der Waals surface area contributed by atoms with Crippen LogP contribution in [0.4, 0.5) is 0 Å². The summed E-state index contributed by atoms with van der Waals surface area (Å²) in [6.07, 6.45) is 6.50. The van der Waals surface area contributed by atoms with Gasteiger partial charge in [0.25, 0.3) is 0 Å². The molecule has 0 aromatic heterocycles. The average molecular weight is 168 g/mol. The van der Waals surface area contributed by atoms with Gasteiger partial charge in [-0.3, -0.25) is 0 Å². The molecular weight excluding hydrogens is 147 g/mol. The molecule has 1 rings (SSSR count). The highest BCUT2D eigenvalue weighted by atomic mass is 16.3. The second kappa shape index (κ2) is 4.91. The van der Waals surface area contributed by atoms with Crippen molar-refractivity contribution in [3.05, 3.63) is 0 Å².